The zero-order valence-electron chi connectivity index (χ0n) is 10.8. The lowest BCUT2D eigenvalue weighted by Crippen LogP contribution is -2.43. The molecule has 0 aliphatic carbocycles. The SMILES string of the molecule is Fc1c(Cl)cccc1-c1nc(CN2CCNCC2)no1. The van der Waals surface area contributed by atoms with E-state index in [9.17, 15) is 4.39 Å². The van der Waals surface area contributed by atoms with Gasteiger partial charge in [0, 0.05) is 26.2 Å². The van der Waals surface area contributed by atoms with Gasteiger partial charge in [-0.1, -0.05) is 22.8 Å². The van der Waals surface area contributed by atoms with Gasteiger partial charge in [-0.2, -0.15) is 4.98 Å². The number of nitrogens with one attached hydrogen (secondary N) is 1. The summed E-state index contributed by atoms with van der Waals surface area (Å²) in [5, 5.41) is 7.22. The van der Waals surface area contributed by atoms with Crippen molar-refractivity contribution in [1.29, 1.82) is 0 Å². The quantitative estimate of drug-likeness (QED) is 0.938. The molecule has 7 heteroatoms. The number of aromatic nitrogens is 2. The van der Waals surface area contributed by atoms with Gasteiger partial charge in [0.05, 0.1) is 17.1 Å². The van der Waals surface area contributed by atoms with Crippen molar-refractivity contribution >= 4 is 11.6 Å². The summed E-state index contributed by atoms with van der Waals surface area (Å²) in [6.07, 6.45) is 0. The lowest BCUT2D eigenvalue weighted by Gasteiger charge is -2.25. The standard InChI is InChI=1S/C13H14ClFN4O/c14-10-3-1-2-9(12(10)15)13-17-11(18-20-13)8-19-6-4-16-5-7-19/h1-3,16H,4-8H2. The summed E-state index contributed by atoms with van der Waals surface area (Å²) >= 11 is 5.75. The summed E-state index contributed by atoms with van der Waals surface area (Å²) in [4.78, 5) is 6.46. The third-order valence-corrected chi connectivity index (χ3v) is 3.52. The van der Waals surface area contributed by atoms with Crippen molar-refractivity contribution in [3.05, 3.63) is 34.9 Å². The molecule has 1 aliphatic heterocycles. The zero-order chi connectivity index (χ0) is 13.9. The van der Waals surface area contributed by atoms with Crippen LogP contribution in [0.15, 0.2) is 22.7 Å². The Bertz CT molecular complexity index is 598. The lowest BCUT2D eigenvalue weighted by molar-refractivity contribution is 0.225. The minimum atomic E-state index is -0.536. The van der Waals surface area contributed by atoms with Gasteiger partial charge in [0.2, 0.25) is 0 Å². The molecule has 0 radical (unpaired) electrons. The Morgan fingerprint density at radius 1 is 1.35 bits per heavy atom. The maximum Gasteiger partial charge on any atom is 0.261 e. The van der Waals surface area contributed by atoms with E-state index in [0.717, 1.165) is 26.2 Å². The van der Waals surface area contributed by atoms with E-state index in [4.69, 9.17) is 16.1 Å². The van der Waals surface area contributed by atoms with E-state index in [1.807, 2.05) is 0 Å². The van der Waals surface area contributed by atoms with Crippen LogP contribution < -0.4 is 5.32 Å². The average molecular weight is 297 g/mol. The van der Waals surface area contributed by atoms with Crippen LogP contribution in [-0.4, -0.2) is 41.2 Å². The van der Waals surface area contributed by atoms with Crippen LogP contribution in [0.5, 0.6) is 0 Å². The van der Waals surface area contributed by atoms with Gasteiger partial charge in [-0.05, 0) is 12.1 Å². The van der Waals surface area contributed by atoms with Crippen molar-refractivity contribution in [3.8, 4) is 11.5 Å². The molecule has 1 N–H and O–H groups in total. The van der Waals surface area contributed by atoms with Crippen molar-refractivity contribution in [3.63, 3.8) is 0 Å². The van der Waals surface area contributed by atoms with E-state index in [1.165, 1.54) is 6.07 Å². The molecule has 0 spiro atoms. The Labute approximate surface area is 120 Å². The molecule has 1 saturated heterocycles. The van der Waals surface area contributed by atoms with Crippen molar-refractivity contribution < 1.29 is 8.91 Å². The summed E-state index contributed by atoms with van der Waals surface area (Å²) in [6, 6.07) is 4.71. The van der Waals surface area contributed by atoms with Gasteiger partial charge in [0.1, 0.15) is 0 Å². The Balaban J connectivity index is 1.77. The first-order chi connectivity index (χ1) is 9.74. The number of rotatable bonds is 3. The maximum absolute atomic E-state index is 13.9. The summed E-state index contributed by atoms with van der Waals surface area (Å²) in [5.74, 6) is 0.183. The van der Waals surface area contributed by atoms with E-state index in [-0.39, 0.29) is 16.5 Å². The molecule has 5 nitrogen and oxygen atoms in total. The minimum Gasteiger partial charge on any atom is -0.334 e. The van der Waals surface area contributed by atoms with Crippen molar-refractivity contribution in [2.45, 2.75) is 6.54 Å². The van der Waals surface area contributed by atoms with Crippen molar-refractivity contribution in [2.75, 3.05) is 26.2 Å². The first-order valence-electron chi connectivity index (χ1n) is 6.44. The van der Waals surface area contributed by atoms with Crippen molar-refractivity contribution in [2.24, 2.45) is 0 Å². The van der Waals surface area contributed by atoms with E-state index in [0.29, 0.717) is 12.4 Å². The van der Waals surface area contributed by atoms with E-state index in [2.05, 4.69) is 20.4 Å². The highest BCUT2D eigenvalue weighted by Crippen LogP contribution is 2.26. The average Bonchev–Trinajstić information content (AvgIpc) is 2.91. The highest BCUT2D eigenvalue weighted by atomic mass is 35.5. The molecule has 1 aromatic carbocycles. The second-order valence-corrected chi connectivity index (χ2v) is 5.05. The summed E-state index contributed by atoms with van der Waals surface area (Å²) in [7, 11) is 0. The highest BCUT2D eigenvalue weighted by Gasteiger charge is 2.17. The van der Waals surface area contributed by atoms with Gasteiger partial charge in [-0.25, -0.2) is 4.39 Å². The number of hydrogen-bond donors (Lipinski definition) is 1. The molecule has 0 saturated carbocycles. The summed E-state index contributed by atoms with van der Waals surface area (Å²) < 4.78 is 19.0. The molecule has 2 aromatic rings. The Morgan fingerprint density at radius 3 is 2.95 bits per heavy atom. The second-order valence-electron chi connectivity index (χ2n) is 4.64. The predicted molar refractivity (Wildman–Crippen MR) is 72.8 cm³/mol. The van der Waals surface area contributed by atoms with Crippen LogP contribution in [-0.2, 0) is 6.54 Å². The predicted octanol–water partition coefficient (Wildman–Crippen LogP) is 1.93. The van der Waals surface area contributed by atoms with Gasteiger partial charge in [0.15, 0.2) is 11.6 Å². The topological polar surface area (TPSA) is 54.2 Å². The lowest BCUT2D eigenvalue weighted by atomic mass is 10.2. The molecule has 1 aromatic heterocycles. The smallest absolute Gasteiger partial charge is 0.261 e. The number of nitrogens with zero attached hydrogens (tertiary/aromatic N) is 3. The van der Waals surface area contributed by atoms with Crippen LogP contribution in [0.25, 0.3) is 11.5 Å². The molecule has 0 unspecified atom stereocenters. The second kappa shape index (κ2) is 5.87. The van der Waals surface area contributed by atoms with Gasteiger partial charge in [-0.15, -0.1) is 0 Å². The molecule has 1 fully saturated rings. The molecular weight excluding hydrogens is 283 g/mol. The van der Waals surface area contributed by atoms with Crippen LogP contribution in [0.1, 0.15) is 5.82 Å². The summed E-state index contributed by atoms with van der Waals surface area (Å²) in [5.41, 5.74) is 0.233. The van der Waals surface area contributed by atoms with Crippen LogP contribution in [0.3, 0.4) is 0 Å². The Morgan fingerprint density at radius 2 is 2.15 bits per heavy atom. The maximum atomic E-state index is 13.9. The number of piperazine rings is 1. The normalized spacial score (nSPS) is 16.5. The fraction of sp³-hybridized carbons (Fsp3) is 0.385. The Kier molecular flexibility index (Phi) is 3.95. The monoisotopic (exact) mass is 296 g/mol. The molecule has 3 rings (SSSR count). The molecule has 20 heavy (non-hydrogen) atoms. The number of benzene rings is 1. The molecule has 0 amide bonds. The van der Waals surface area contributed by atoms with Gasteiger partial charge >= 0.3 is 0 Å². The van der Waals surface area contributed by atoms with Crippen molar-refractivity contribution in [1.82, 2.24) is 20.4 Å². The van der Waals surface area contributed by atoms with E-state index >= 15 is 0 Å². The molecule has 2 heterocycles. The summed E-state index contributed by atoms with van der Waals surface area (Å²) in [6.45, 7) is 4.39. The Hall–Kier alpha value is -1.50. The first-order valence-corrected chi connectivity index (χ1v) is 6.82. The molecule has 0 bridgehead atoms. The fourth-order valence-electron chi connectivity index (χ4n) is 2.17. The van der Waals surface area contributed by atoms with Gasteiger partial charge < -0.3 is 9.84 Å². The fourth-order valence-corrected chi connectivity index (χ4v) is 2.34. The van der Waals surface area contributed by atoms with Crippen LogP contribution in [0, 0.1) is 5.82 Å². The van der Waals surface area contributed by atoms with Crippen LogP contribution in [0.2, 0.25) is 5.02 Å². The third-order valence-electron chi connectivity index (χ3n) is 3.22. The van der Waals surface area contributed by atoms with E-state index < -0.39 is 5.82 Å². The van der Waals surface area contributed by atoms with Gasteiger partial charge in [0.25, 0.3) is 5.89 Å². The number of halogens is 2. The number of hydrogen-bond acceptors (Lipinski definition) is 5. The highest BCUT2D eigenvalue weighted by molar-refractivity contribution is 6.31. The molecule has 1 aliphatic rings. The van der Waals surface area contributed by atoms with Crippen LogP contribution >= 0.6 is 11.6 Å². The molecule has 0 atom stereocenters. The zero-order valence-corrected chi connectivity index (χ0v) is 11.5. The first kappa shape index (κ1) is 13.5. The largest absolute Gasteiger partial charge is 0.334 e. The van der Waals surface area contributed by atoms with Gasteiger partial charge in [-0.3, -0.25) is 4.90 Å². The minimum absolute atomic E-state index is 0.0457. The molecular formula is C13H14ClFN4O. The third kappa shape index (κ3) is 2.82. The van der Waals surface area contributed by atoms with E-state index in [1.54, 1.807) is 12.1 Å². The molecule has 106 valence electrons. The van der Waals surface area contributed by atoms with Crippen LogP contribution in [0.4, 0.5) is 4.39 Å².